The lowest BCUT2D eigenvalue weighted by Gasteiger charge is -2.18. The number of hydrogen-bond donors (Lipinski definition) is 0. The molecule has 0 spiro atoms. The summed E-state index contributed by atoms with van der Waals surface area (Å²) in [5.41, 5.74) is 2.36. The third-order valence-electron chi connectivity index (χ3n) is 3.29. The van der Waals surface area contributed by atoms with E-state index in [9.17, 15) is 4.79 Å². The first-order valence-corrected chi connectivity index (χ1v) is 7.04. The Hall–Kier alpha value is -1.51. The van der Waals surface area contributed by atoms with Crippen molar-refractivity contribution in [3.05, 3.63) is 29.8 Å². The van der Waals surface area contributed by atoms with E-state index in [0.29, 0.717) is 13.0 Å². The molecule has 0 aromatic heterocycles. The van der Waals surface area contributed by atoms with E-state index >= 15 is 0 Å². The van der Waals surface area contributed by atoms with E-state index in [-0.39, 0.29) is 5.91 Å². The number of hydrogen-bond acceptors (Lipinski definition) is 2. The highest BCUT2D eigenvalue weighted by Crippen LogP contribution is 2.14. The Morgan fingerprint density at radius 3 is 2.21 bits per heavy atom. The molecule has 0 N–H and O–H groups in total. The van der Waals surface area contributed by atoms with Gasteiger partial charge in [0, 0.05) is 39.8 Å². The molecule has 1 aromatic rings. The zero-order chi connectivity index (χ0) is 14.3. The minimum absolute atomic E-state index is 0.241. The van der Waals surface area contributed by atoms with Crippen molar-refractivity contribution in [1.82, 2.24) is 4.90 Å². The van der Waals surface area contributed by atoms with Crippen LogP contribution in [-0.2, 0) is 11.3 Å². The second-order valence-corrected chi connectivity index (χ2v) is 5.27. The van der Waals surface area contributed by atoms with Gasteiger partial charge in [-0.15, -0.1) is 0 Å². The van der Waals surface area contributed by atoms with Gasteiger partial charge in [-0.05, 0) is 24.1 Å². The molecule has 3 nitrogen and oxygen atoms in total. The lowest BCUT2D eigenvalue weighted by Crippen LogP contribution is -2.25. The first kappa shape index (κ1) is 15.5. The van der Waals surface area contributed by atoms with E-state index in [0.717, 1.165) is 19.3 Å². The molecule has 106 valence electrons. The van der Waals surface area contributed by atoms with Crippen molar-refractivity contribution < 1.29 is 4.79 Å². The first-order chi connectivity index (χ1) is 9.04. The van der Waals surface area contributed by atoms with Crippen LogP contribution in [0.25, 0.3) is 0 Å². The smallest absolute Gasteiger partial charge is 0.222 e. The molecule has 3 heteroatoms. The molecule has 0 saturated carbocycles. The van der Waals surface area contributed by atoms with Gasteiger partial charge in [-0.1, -0.05) is 31.9 Å². The lowest BCUT2D eigenvalue weighted by molar-refractivity contribution is -0.130. The Morgan fingerprint density at radius 2 is 1.68 bits per heavy atom. The van der Waals surface area contributed by atoms with Crippen molar-refractivity contribution in [2.24, 2.45) is 0 Å². The molecule has 1 aromatic carbocycles. The molecule has 0 radical (unpaired) electrons. The summed E-state index contributed by atoms with van der Waals surface area (Å²) in [6.07, 6.45) is 3.96. The van der Waals surface area contributed by atoms with Crippen LogP contribution in [0.3, 0.4) is 0 Å². The Morgan fingerprint density at radius 1 is 1.05 bits per heavy atom. The van der Waals surface area contributed by atoms with Crippen molar-refractivity contribution in [1.29, 1.82) is 0 Å². The van der Waals surface area contributed by atoms with E-state index in [4.69, 9.17) is 0 Å². The zero-order valence-corrected chi connectivity index (χ0v) is 12.6. The summed E-state index contributed by atoms with van der Waals surface area (Å²) in [6, 6.07) is 8.35. The minimum atomic E-state index is 0.241. The summed E-state index contributed by atoms with van der Waals surface area (Å²) in [6.45, 7) is 2.85. The van der Waals surface area contributed by atoms with E-state index in [1.165, 1.54) is 11.3 Å². The predicted molar refractivity (Wildman–Crippen MR) is 81.4 cm³/mol. The molecule has 0 aliphatic heterocycles. The van der Waals surface area contributed by atoms with Crippen LogP contribution < -0.4 is 4.90 Å². The molecule has 0 heterocycles. The van der Waals surface area contributed by atoms with Crippen molar-refractivity contribution in [2.45, 2.75) is 39.2 Å². The molecule has 0 aliphatic rings. The monoisotopic (exact) mass is 262 g/mol. The van der Waals surface area contributed by atoms with Crippen LogP contribution in [0.5, 0.6) is 0 Å². The number of unbranched alkanes of at least 4 members (excludes halogenated alkanes) is 2. The molecule has 0 bridgehead atoms. The number of anilines is 1. The summed E-state index contributed by atoms with van der Waals surface area (Å²) in [7, 11) is 5.94. The quantitative estimate of drug-likeness (QED) is 0.704. The molecule has 0 atom stereocenters. The van der Waals surface area contributed by atoms with E-state index in [1.807, 2.05) is 26.0 Å². The van der Waals surface area contributed by atoms with Crippen LogP contribution in [0.4, 0.5) is 5.69 Å². The topological polar surface area (TPSA) is 23.6 Å². The van der Waals surface area contributed by atoms with Crippen molar-refractivity contribution in [3.63, 3.8) is 0 Å². The molecular formula is C16H26N2O. The number of amides is 1. The highest BCUT2D eigenvalue weighted by Gasteiger charge is 2.08. The van der Waals surface area contributed by atoms with Crippen molar-refractivity contribution in [2.75, 3.05) is 26.0 Å². The summed E-state index contributed by atoms with van der Waals surface area (Å²) >= 11 is 0. The van der Waals surface area contributed by atoms with Gasteiger partial charge < -0.3 is 9.80 Å². The predicted octanol–water partition coefficient (Wildman–Crippen LogP) is 3.29. The third kappa shape index (κ3) is 5.33. The summed E-state index contributed by atoms with van der Waals surface area (Å²) in [5.74, 6) is 0.241. The Kier molecular flexibility index (Phi) is 6.40. The van der Waals surface area contributed by atoms with Gasteiger partial charge in [0.1, 0.15) is 0 Å². The molecule has 0 aliphatic carbocycles. The fraction of sp³-hybridized carbons (Fsp3) is 0.562. The maximum atomic E-state index is 11.9. The van der Waals surface area contributed by atoms with Crippen LogP contribution >= 0.6 is 0 Å². The number of nitrogens with zero attached hydrogens (tertiary/aromatic N) is 2. The summed E-state index contributed by atoms with van der Waals surface area (Å²) in [4.78, 5) is 15.8. The van der Waals surface area contributed by atoms with Crippen LogP contribution in [-0.4, -0.2) is 32.0 Å². The molecule has 1 rings (SSSR count). The highest BCUT2D eigenvalue weighted by atomic mass is 16.2. The first-order valence-electron chi connectivity index (χ1n) is 7.04. The maximum absolute atomic E-state index is 11.9. The van der Waals surface area contributed by atoms with Crippen molar-refractivity contribution in [3.8, 4) is 0 Å². The molecule has 0 unspecified atom stereocenters. The fourth-order valence-corrected chi connectivity index (χ4v) is 1.98. The largest absolute Gasteiger partial charge is 0.378 e. The van der Waals surface area contributed by atoms with Gasteiger partial charge in [0.2, 0.25) is 5.91 Å². The maximum Gasteiger partial charge on any atom is 0.222 e. The second-order valence-electron chi connectivity index (χ2n) is 5.27. The van der Waals surface area contributed by atoms with E-state index in [1.54, 1.807) is 0 Å². The Balaban J connectivity index is 2.47. The fourth-order valence-electron chi connectivity index (χ4n) is 1.98. The van der Waals surface area contributed by atoms with Gasteiger partial charge in [0.15, 0.2) is 0 Å². The summed E-state index contributed by atoms with van der Waals surface area (Å²) < 4.78 is 0. The molecule has 0 fully saturated rings. The standard InChI is InChI=1S/C16H26N2O/c1-5-6-7-8-16(19)18(4)13-14-9-11-15(12-10-14)17(2)3/h9-12H,5-8,13H2,1-4H3. The lowest BCUT2D eigenvalue weighted by atomic mass is 10.1. The van der Waals surface area contributed by atoms with Crippen molar-refractivity contribution >= 4 is 11.6 Å². The number of benzene rings is 1. The zero-order valence-electron chi connectivity index (χ0n) is 12.6. The number of carbonyl (C=O) groups is 1. The number of carbonyl (C=O) groups excluding carboxylic acids is 1. The van der Waals surface area contributed by atoms with Gasteiger partial charge in [0.25, 0.3) is 0 Å². The number of rotatable bonds is 7. The molecule has 1 amide bonds. The molecule has 0 saturated heterocycles. The third-order valence-corrected chi connectivity index (χ3v) is 3.29. The van der Waals surface area contributed by atoms with Crippen LogP contribution in [0, 0.1) is 0 Å². The minimum Gasteiger partial charge on any atom is -0.378 e. The van der Waals surface area contributed by atoms with Crippen LogP contribution in [0.1, 0.15) is 38.2 Å². The van der Waals surface area contributed by atoms with Crippen LogP contribution in [0.15, 0.2) is 24.3 Å². The average Bonchev–Trinajstić information content (AvgIpc) is 2.39. The van der Waals surface area contributed by atoms with Crippen LogP contribution in [0.2, 0.25) is 0 Å². The molecular weight excluding hydrogens is 236 g/mol. The SMILES string of the molecule is CCCCCC(=O)N(C)Cc1ccc(N(C)C)cc1. The summed E-state index contributed by atoms with van der Waals surface area (Å²) in [5, 5.41) is 0. The second kappa shape index (κ2) is 7.82. The van der Waals surface area contributed by atoms with Gasteiger partial charge in [-0.3, -0.25) is 4.79 Å². The Bertz CT molecular complexity index is 384. The van der Waals surface area contributed by atoms with E-state index < -0.39 is 0 Å². The normalized spacial score (nSPS) is 10.3. The van der Waals surface area contributed by atoms with Gasteiger partial charge in [0.05, 0.1) is 0 Å². The van der Waals surface area contributed by atoms with Gasteiger partial charge in [-0.2, -0.15) is 0 Å². The van der Waals surface area contributed by atoms with E-state index in [2.05, 4.69) is 36.1 Å². The molecule has 19 heavy (non-hydrogen) atoms. The highest BCUT2D eigenvalue weighted by molar-refractivity contribution is 5.75. The Labute approximate surface area is 117 Å². The van der Waals surface area contributed by atoms with Gasteiger partial charge in [-0.25, -0.2) is 0 Å². The van der Waals surface area contributed by atoms with Gasteiger partial charge >= 0.3 is 0 Å². The average molecular weight is 262 g/mol.